The Bertz CT molecular complexity index is 623. The van der Waals surface area contributed by atoms with Gasteiger partial charge in [0.25, 0.3) is 0 Å². The first-order chi connectivity index (χ1) is 9.58. The maximum absolute atomic E-state index is 6.17. The van der Waals surface area contributed by atoms with Crippen LogP contribution >= 0.6 is 11.6 Å². The van der Waals surface area contributed by atoms with E-state index in [1.54, 1.807) is 7.11 Å². The highest BCUT2D eigenvalue weighted by molar-refractivity contribution is 6.30. The third-order valence-corrected chi connectivity index (χ3v) is 3.85. The van der Waals surface area contributed by atoms with Crippen LogP contribution in [-0.4, -0.2) is 14.2 Å². The van der Waals surface area contributed by atoms with Crippen LogP contribution in [0.2, 0.25) is 5.02 Å². The quantitative estimate of drug-likeness (QED) is 0.903. The molecule has 0 saturated heterocycles. The maximum atomic E-state index is 6.17. The summed E-state index contributed by atoms with van der Waals surface area (Å²) >= 11 is 6.17. The molecule has 0 amide bonds. The van der Waals surface area contributed by atoms with Crippen molar-refractivity contribution in [2.75, 3.05) is 14.2 Å². The normalized spacial score (nSPS) is 10.7. The summed E-state index contributed by atoms with van der Waals surface area (Å²) in [5.74, 6) is 0.921. The zero-order valence-corrected chi connectivity index (χ0v) is 13.1. The number of rotatable bonds is 4. The largest absolute Gasteiger partial charge is 0.496 e. The molecule has 2 rings (SSSR count). The molecule has 0 aliphatic carbocycles. The van der Waals surface area contributed by atoms with Crippen molar-refractivity contribution in [1.29, 1.82) is 0 Å². The fourth-order valence-electron chi connectivity index (χ4n) is 2.41. The molecule has 2 aromatic rings. The van der Waals surface area contributed by atoms with E-state index < -0.39 is 0 Å². The molecule has 0 heterocycles. The van der Waals surface area contributed by atoms with Gasteiger partial charge in [0.15, 0.2) is 0 Å². The highest BCUT2D eigenvalue weighted by atomic mass is 35.5. The summed E-state index contributed by atoms with van der Waals surface area (Å²) in [5.41, 5.74) is 5.80. The second kappa shape index (κ2) is 6.29. The van der Waals surface area contributed by atoms with Crippen molar-refractivity contribution in [2.24, 2.45) is 0 Å². The van der Waals surface area contributed by atoms with Crippen LogP contribution in [0.4, 0.5) is 0 Å². The van der Waals surface area contributed by atoms with Crippen LogP contribution in [0, 0.1) is 13.8 Å². The van der Waals surface area contributed by atoms with Gasteiger partial charge in [-0.2, -0.15) is 0 Å². The number of benzene rings is 2. The lowest BCUT2D eigenvalue weighted by atomic mass is 9.95. The lowest BCUT2D eigenvalue weighted by molar-refractivity contribution is 0.413. The van der Waals surface area contributed by atoms with Gasteiger partial charge in [0, 0.05) is 17.1 Å². The number of hydrogen-bond donors (Lipinski definition) is 1. The van der Waals surface area contributed by atoms with E-state index in [1.165, 1.54) is 16.7 Å². The summed E-state index contributed by atoms with van der Waals surface area (Å²) in [6, 6.07) is 10.2. The first kappa shape index (κ1) is 14.9. The molecule has 0 aliphatic heterocycles. The Labute approximate surface area is 125 Å². The maximum Gasteiger partial charge on any atom is 0.129 e. The van der Waals surface area contributed by atoms with Gasteiger partial charge in [-0.05, 0) is 55.3 Å². The molecule has 0 fully saturated rings. The fraction of sp³-hybridized carbons (Fsp3) is 0.294. The summed E-state index contributed by atoms with van der Waals surface area (Å²) in [6.45, 7) is 4.97. The smallest absolute Gasteiger partial charge is 0.129 e. The number of nitrogens with one attached hydrogen (secondary N) is 1. The summed E-state index contributed by atoms with van der Waals surface area (Å²) < 4.78 is 5.62. The van der Waals surface area contributed by atoms with Gasteiger partial charge in [-0.25, -0.2) is 0 Å². The van der Waals surface area contributed by atoms with Gasteiger partial charge < -0.3 is 10.1 Å². The topological polar surface area (TPSA) is 21.3 Å². The predicted molar refractivity (Wildman–Crippen MR) is 85.7 cm³/mol. The van der Waals surface area contributed by atoms with Gasteiger partial charge in [-0.15, -0.1) is 0 Å². The average molecular weight is 290 g/mol. The molecule has 0 aromatic heterocycles. The van der Waals surface area contributed by atoms with Crippen molar-refractivity contribution in [2.45, 2.75) is 20.4 Å². The average Bonchev–Trinajstić information content (AvgIpc) is 2.44. The molecule has 0 aliphatic rings. The SMILES string of the molecule is CNCc1ccc(Cl)cc1-c1ccc(C)c(C)c1OC. The lowest BCUT2D eigenvalue weighted by Crippen LogP contribution is -2.07. The third-order valence-electron chi connectivity index (χ3n) is 3.61. The van der Waals surface area contributed by atoms with Gasteiger partial charge in [-0.1, -0.05) is 29.8 Å². The van der Waals surface area contributed by atoms with E-state index >= 15 is 0 Å². The second-order valence-electron chi connectivity index (χ2n) is 4.92. The zero-order valence-electron chi connectivity index (χ0n) is 12.4. The standard InChI is InChI=1S/C17H20ClNO/c1-11-5-8-15(17(20-4)12(11)2)16-9-14(18)7-6-13(16)10-19-3/h5-9,19H,10H2,1-4H3. The van der Waals surface area contributed by atoms with Crippen molar-refractivity contribution in [3.05, 3.63) is 52.0 Å². The van der Waals surface area contributed by atoms with Crippen molar-refractivity contribution in [3.8, 4) is 16.9 Å². The van der Waals surface area contributed by atoms with Crippen LogP contribution in [0.1, 0.15) is 16.7 Å². The number of ether oxygens (including phenoxy) is 1. The minimum atomic E-state index is 0.736. The van der Waals surface area contributed by atoms with Crippen LogP contribution < -0.4 is 10.1 Å². The zero-order chi connectivity index (χ0) is 14.7. The van der Waals surface area contributed by atoms with Gasteiger partial charge >= 0.3 is 0 Å². The molecular formula is C17H20ClNO. The van der Waals surface area contributed by atoms with E-state index in [2.05, 4.69) is 37.4 Å². The molecule has 0 saturated carbocycles. The van der Waals surface area contributed by atoms with E-state index in [0.29, 0.717) is 0 Å². The Hall–Kier alpha value is -1.51. The number of aryl methyl sites for hydroxylation is 1. The Morgan fingerprint density at radius 2 is 1.85 bits per heavy atom. The molecule has 3 heteroatoms. The van der Waals surface area contributed by atoms with E-state index in [-0.39, 0.29) is 0 Å². The Morgan fingerprint density at radius 3 is 2.50 bits per heavy atom. The summed E-state index contributed by atoms with van der Waals surface area (Å²) in [7, 11) is 3.66. The molecule has 1 N–H and O–H groups in total. The van der Waals surface area contributed by atoms with E-state index in [4.69, 9.17) is 16.3 Å². The second-order valence-corrected chi connectivity index (χ2v) is 5.36. The van der Waals surface area contributed by atoms with E-state index in [0.717, 1.165) is 28.4 Å². The molecule has 0 spiro atoms. The lowest BCUT2D eigenvalue weighted by Gasteiger charge is -2.16. The van der Waals surface area contributed by atoms with Gasteiger partial charge in [0.1, 0.15) is 5.75 Å². The molecule has 2 aromatic carbocycles. The summed E-state index contributed by atoms with van der Waals surface area (Å²) in [4.78, 5) is 0. The predicted octanol–water partition coefficient (Wildman–Crippen LogP) is 4.35. The molecular weight excluding hydrogens is 270 g/mol. The first-order valence-electron chi connectivity index (χ1n) is 6.66. The third kappa shape index (κ3) is 2.82. The molecule has 0 unspecified atom stereocenters. The Balaban J connectivity index is 2.67. The van der Waals surface area contributed by atoms with Crippen molar-refractivity contribution in [1.82, 2.24) is 5.32 Å². The number of hydrogen-bond acceptors (Lipinski definition) is 2. The molecule has 106 valence electrons. The molecule has 0 atom stereocenters. The molecule has 0 radical (unpaired) electrons. The van der Waals surface area contributed by atoms with Crippen molar-refractivity contribution < 1.29 is 4.74 Å². The Morgan fingerprint density at radius 1 is 1.10 bits per heavy atom. The number of halogens is 1. The van der Waals surface area contributed by atoms with Crippen LogP contribution in [0.5, 0.6) is 5.75 Å². The number of methoxy groups -OCH3 is 1. The van der Waals surface area contributed by atoms with Crippen LogP contribution in [0.15, 0.2) is 30.3 Å². The minimum Gasteiger partial charge on any atom is -0.496 e. The molecule has 20 heavy (non-hydrogen) atoms. The van der Waals surface area contributed by atoms with E-state index in [9.17, 15) is 0 Å². The van der Waals surface area contributed by atoms with Gasteiger partial charge in [0.2, 0.25) is 0 Å². The van der Waals surface area contributed by atoms with Crippen LogP contribution in [0.3, 0.4) is 0 Å². The van der Waals surface area contributed by atoms with Crippen LogP contribution in [-0.2, 0) is 6.54 Å². The first-order valence-corrected chi connectivity index (χ1v) is 7.04. The fourth-order valence-corrected chi connectivity index (χ4v) is 2.58. The van der Waals surface area contributed by atoms with Gasteiger partial charge in [-0.3, -0.25) is 0 Å². The Kier molecular flexibility index (Phi) is 4.69. The monoisotopic (exact) mass is 289 g/mol. The van der Waals surface area contributed by atoms with Crippen molar-refractivity contribution in [3.63, 3.8) is 0 Å². The summed E-state index contributed by atoms with van der Waals surface area (Å²) in [6.07, 6.45) is 0. The van der Waals surface area contributed by atoms with Crippen molar-refractivity contribution >= 4 is 11.6 Å². The summed E-state index contributed by atoms with van der Waals surface area (Å²) in [5, 5.41) is 3.93. The minimum absolute atomic E-state index is 0.736. The van der Waals surface area contributed by atoms with Crippen LogP contribution in [0.25, 0.3) is 11.1 Å². The van der Waals surface area contributed by atoms with Gasteiger partial charge in [0.05, 0.1) is 7.11 Å². The highest BCUT2D eigenvalue weighted by Crippen LogP contribution is 2.37. The molecule has 0 bridgehead atoms. The van der Waals surface area contributed by atoms with E-state index in [1.807, 2.05) is 19.2 Å². The molecule has 2 nitrogen and oxygen atoms in total. The highest BCUT2D eigenvalue weighted by Gasteiger charge is 2.14.